The first kappa shape index (κ1) is 12.9. The number of pyridine rings is 1. The first-order valence-corrected chi connectivity index (χ1v) is 5.81. The van der Waals surface area contributed by atoms with E-state index in [4.69, 9.17) is 10.8 Å². The second-order valence-electron chi connectivity index (χ2n) is 4.30. The average Bonchev–Trinajstić information content (AvgIpc) is 2.37. The number of carboxylic acid groups (broad SMARTS) is 1. The molecule has 2 rings (SSSR count). The van der Waals surface area contributed by atoms with Crippen LogP contribution in [-0.2, 0) is 0 Å². The van der Waals surface area contributed by atoms with E-state index in [9.17, 15) is 4.79 Å². The molecule has 98 valence electrons. The topological polar surface area (TPSA) is 88.2 Å². The first-order chi connectivity index (χ1) is 9.00. The molecule has 0 radical (unpaired) electrons. The molecule has 0 fully saturated rings. The first-order valence-electron chi connectivity index (χ1n) is 5.81. The molecule has 0 saturated heterocycles. The van der Waals surface area contributed by atoms with Crippen LogP contribution in [0.3, 0.4) is 0 Å². The number of nitrogens with one attached hydrogen (secondary N) is 1. The van der Waals surface area contributed by atoms with Crippen molar-refractivity contribution in [1.29, 1.82) is 0 Å². The minimum atomic E-state index is -1.07. The fourth-order valence-electron chi connectivity index (χ4n) is 1.77. The molecule has 0 amide bonds. The van der Waals surface area contributed by atoms with E-state index in [0.29, 0.717) is 5.82 Å². The van der Waals surface area contributed by atoms with Gasteiger partial charge in [-0.3, -0.25) is 0 Å². The summed E-state index contributed by atoms with van der Waals surface area (Å²) in [5.74, 6) is -0.711. The number of carboxylic acids is 1. The summed E-state index contributed by atoms with van der Waals surface area (Å²) in [6.07, 6.45) is 1.42. The van der Waals surface area contributed by atoms with Crippen LogP contribution in [0.15, 0.2) is 30.5 Å². The molecule has 2 aromatic rings. The van der Waals surface area contributed by atoms with E-state index in [1.165, 1.54) is 12.3 Å². The van der Waals surface area contributed by atoms with Crippen molar-refractivity contribution in [2.75, 3.05) is 11.1 Å². The molecule has 0 aliphatic heterocycles. The number of aryl methyl sites for hydroxylation is 1. The van der Waals surface area contributed by atoms with Crippen molar-refractivity contribution in [3.63, 3.8) is 0 Å². The second kappa shape index (κ2) is 4.97. The largest absolute Gasteiger partial charge is 0.478 e. The number of nitrogens with zero attached hydrogens (tertiary/aromatic N) is 1. The Morgan fingerprint density at radius 3 is 2.74 bits per heavy atom. The van der Waals surface area contributed by atoms with Gasteiger partial charge in [0.1, 0.15) is 0 Å². The van der Waals surface area contributed by atoms with Gasteiger partial charge in [-0.1, -0.05) is 12.1 Å². The predicted octanol–water partition coefficient (Wildman–Crippen LogP) is 2.72. The number of rotatable bonds is 3. The number of nitrogens with two attached hydrogens (primary N) is 1. The Labute approximate surface area is 111 Å². The van der Waals surface area contributed by atoms with E-state index < -0.39 is 5.97 Å². The maximum atomic E-state index is 11.0. The van der Waals surface area contributed by atoms with Crippen molar-refractivity contribution in [2.45, 2.75) is 13.8 Å². The Bertz CT molecular complexity index is 639. The van der Waals surface area contributed by atoms with Crippen LogP contribution in [0.4, 0.5) is 17.2 Å². The van der Waals surface area contributed by atoms with Crippen molar-refractivity contribution in [2.24, 2.45) is 0 Å². The molecule has 0 saturated carbocycles. The number of hydrogen-bond acceptors (Lipinski definition) is 4. The number of nitrogen functional groups attached to an aromatic ring is 1. The highest BCUT2D eigenvalue weighted by Gasteiger charge is 2.13. The van der Waals surface area contributed by atoms with E-state index in [1.54, 1.807) is 0 Å². The summed E-state index contributed by atoms with van der Waals surface area (Å²) >= 11 is 0. The summed E-state index contributed by atoms with van der Waals surface area (Å²) in [6, 6.07) is 7.20. The molecule has 0 atom stereocenters. The molecule has 19 heavy (non-hydrogen) atoms. The Kier molecular flexibility index (Phi) is 3.37. The summed E-state index contributed by atoms with van der Waals surface area (Å²) in [7, 11) is 0. The van der Waals surface area contributed by atoms with Crippen molar-refractivity contribution >= 4 is 23.2 Å². The van der Waals surface area contributed by atoms with Gasteiger partial charge in [-0.15, -0.1) is 0 Å². The monoisotopic (exact) mass is 257 g/mol. The van der Waals surface area contributed by atoms with Gasteiger partial charge in [0.2, 0.25) is 0 Å². The zero-order chi connectivity index (χ0) is 14.0. The Morgan fingerprint density at radius 2 is 2.05 bits per heavy atom. The number of aromatic carboxylic acids is 1. The summed E-state index contributed by atoms with van der Waals surface area (Å²) in [5, 5.41) is 12.1. The van der Waals surface area contributed by atoms with Crippen LogP contribution < -0.4 is 11.1 Å². The maximum absolute atomic E-state index is 11.0. The zero-order valence-corrected chi connectivity index (χ0v) is 10.8. The molecule has 5 heteroatoms. The maximum Gasteiger partial charge on any atom is 0.337 e. The van der Waals surface area contributed by atoms with Crippen molar-refractivity contribution < 1.29 is 9.90 Å². The molecule has 0 bridgehead atoms. The molecule has 1 aromatic heterocycles. The van der Waals surface area contributed by atoms with Crippen LogP contribution in [0.1, 0.15) is 21.5 Å². The Balaban J connectivity index is 2.42. The van der Waals surface area contributed by atoms with E-state index >= 15 is 0 Å². The van der Waals surface area contributed by atoms with Gasteiger partial charge >= 0.3 is 5.97 Å². The normalized spacial score (nSPS) is 10.2. The summed E-state index contributed by atoms with van der Waals surface area (Å²) < 4.78 is 0. The molecule has 1 heterocycles. The molecule has 0 aliphatic rings. The van der Waals surface area contributed by atoms with Crippen molar-refractivity contribution in [3.8, 4) is 0 Å². The predicted molar refractivity (Wildman–Crippen MR) is 74.8 cm³/mol. The lowest BCUT2D eigenvalue weighted by molar-refractivity contribution is 0.0698. The van der Waals surface area contributed by atoms with E-state index in [1.807, 2.05) is 32.0 Å². The number of hydrogen-bond donors (Lipinski definition) is 3. The fourth-order valence-corrected chi connectivity index (χ4v) is 1.77. The lowest BCUT2D eigenvalue weighted by Crippen LogP contribution is -2.07. The van der Waals surface area contributed by atoms with Crippen LogP contribution in [-0.4, -0.2) is 16.1 Å². The van der Waals surface area contributed by atoms with Crippen LogP contribution in [0, 0.1) is 13.8 Å². The van der Waals surface area contributed by atoms with Crippen LogP contribution >= 0.6 is 0 Å². The number of carbonyl (C=O) groups is 1. The van der Waals surface area contributed by atoms with Gasteiger partial charge in [-0.25, -0.2) is 9.78 Å². The highest BCUT2D eigenvalue weighted by Crippen LogP contribution is 2.26. The molecular weight excluding hydrogens is 242 g/mol. The Morgan fingerprint density at radius 1 is 1.32 bits per heavy atom. The van der Waals surface area contributed by atoms with Gasteiger partial charge in [-0.2, -0.15) is 0 Å². The minimum absolute atomic E-state index is 0.0443. The minimum Gasteiger partial charge on any atom is -0.478 e. The third kappa shape index (κ3) is 2.49. The standard InChI is InChI=1S/C14H15N3O2/c1-8-4-3-5-11(9(8)2)17-13-12(15)10(14(18)19)6-7-16-13/h3-7H,15H2,1-2H3,(H,16,17)(H,18,19). The van der Waals surface area contributed by atoms with Gasteiger partial charge in [-0.05, 0) is 37.1 Å². The van der Waals surface area contributed by atoms with Crippen LogP contribution in [0.25, 0.3) is 0 Å². The molecule has 0 aliphatic carbocycles. The summed E-state index contributed by atoms with van der Waals surface area (Å²) in [4.78, 5) is 15.1. The van der Waals surface area contributed by atoms with Gasteiger partial charge in [0.25, 0.3) is 0 Å². The quantitative estimate of drug-likeness (QED) is 0.786. The third-order valence-corrected chi connectivity index (χ3v) is 3.08. The molecular formula is C14H15N3O2. The van der Waals surface area contributed by atoms with Gasteiger partial charge < -0.3 is 16.2 Å². The molecule has 4 N–H and O–H groups in total. The summed E-state index contributed by atoms with van der Waals surface area (Å²) in [5.41, 5.74) is 9.07. The fraction of sp³-hybridized carbons (Fsp3) is 0.143. The summed E-state index contributed by atoms with van der Waals surface area (Å²) in [6.45, 7) is 3.99. The number of aromatic nitrogens is 1. The average molecular weight is 257 g/mol. The lowest BCUT2D eigenvalue weighted by atomic mass is 10.1. The van der Waals surface area contributed by atoms with Crippen LogP contribution in [0.5, 0.6) is 0 Å². The second-order valence-corrected chi connectivity index (χ2v) is 4.30. The van der Waals surface area contributed by atoms with Gasteiger partial charge in [0.05, 0.1) is 11.3 Å². The number of anilines is 3. The SMILES string of the molecule is Cc1cccc(Nc2nccc(C(=O)O)c2N)c1C. The molecule has 0 spiro atoms. The van der Waals surface area contributed by atoms with Gasteiger partial charge in [0, 0.05) is 11.9 Å². The number of benzene rings is 1. The molecule has 5 nitrogen and oxygen atoms in total. The van der Waals surface area contributed by atoms with E-state index in [-0.39, 0.29) is 11.3 Å². The lowest BCUT2D eigenvalue weighted by Gasteiger charge is -2.13. The molecule has 0 unspecified atom stereocenters. The van der Waals surface area contributed by atoms with Crippen molar-refractivity contribution in [1.82, 2.24) is 4.98 Å². The van der Waals surface area contributed by atoms with E-state index in [0.717, 1.165) is 16.8 Å². The Hall–Kier alpha value is -2.56. The zero-order valence-electron chi connectivity index (χ0n) is 10.8. The van der Waals surface area contributed by atoms with Gasteiger partial charge in [0.15, 0.2) is 5.82 Å². The highest BCUT2D eigenvalue weighted by molar-refractivity contribution is 5.96. The molecule has 1 aromatic carbocycles. The third-order valence-electron chi connectivity index (χ3n) is 3.08. The van der Waals surface area contributed by atoms with Crippen molar-refractivity contribution in [3.05, 3.63) is 47.2 Å². The van der Waals surface area contributed by atoms with Crippen LogP contribution in [0.2, 0.25) is 0 Å². The highest BCUT2D eigenvalue weighted by atomic mass is 16.4. The smallest absolute Gasteiger partial charge is 0.337 e. The van der Waals surface area contributed by atoms with E-state index in [2.05, 4.69) is 10.3 Å².